The Morgan fingerprint density at radius 1 is 1.15 bits per heavy atom. The Balaban J connectivity index is 1.78. The smallest absolute Gasteiger partial charge is 0.246 e. The molecule has 1 N–H and O–H groups in total. The third-order valence-electron chi connectivity index (χ3n) is 5.23. The highest BCUT2D eigenvalue weighted by Gasteiger charge is 2.39. The summed E-state index contributed by atoms with van der Waals surface area (Å²) in [6.07, 6.45) is 4.76. The minimum absolute atomic E-state index is 0.0705. The lowest BCUT2D eigenvalue weighted by Gasteiger charge is -2.31. The number of ether oxygens (including phenoxy) is 3. The van der Waals surface area contributed by atoms with E-state index in [9.17, 15) is 4.79 Å². The minimum Gasteiger partial charge on any atom is -0.479 e. The lowest BCUT2D eigenvalue weighted by Crippen LogP contribution is -2.37. The molecule has 1 saturated carbocycles. The number of nitrogens with zero attached hydrogens (tertiary/aromatic N) is 3. The van der Waals surface area contributed by atoms with E-state index in [0.29, 0.717) is 29.8 Å². The Morgan fingerprint density at radius 3 is 2.19 bits per heavy atom. The fourth-order valence-corrected chi connectivity index (χ4v) is 3.21. The number of amides is 1. The van der Waals surface area contributed by atoms with E-state index in [4.69, 9.17) is 14.2 Å². The third-order valence-corrected chi connectivity index (χ3v) is 5.23. The van der Waals surface area contributed by atoms with Crippen LogP contribution in [0.25, 0.3) is 0 Å². The number of nitrogens with one attached hydrogen (secondary N) is 1. The Kier molecular flexibility index (Phi) is 5.50. The van der Waals surface area contributed by atoms with Gasteiger partial charge in [-0.25, -0.2) is 0 Å². The van der Waals surface area contributed by atoms with Gasteiger partial charge in [0.1, 0.15) is 0 Å². The van der Waals surface area contributed by atoms with Crippen molar-refractivity contribution >= 4 is 17.5 Å². The molecule has 2 aliphatic rings. The molecule has 2 fully saturated rings. The summed E-state index contributed by atoms with van der Waals surface area (Å²) < 4.78 is 16.2. The topological polar surface area (TPSA) is 85.8 Å². The second-order valence-corrected chi connectivity index (χ2v) is 7.37. The molecule has 144 valence electrons. The van der Waals surface area contributed by atoms with E-state index in [1.807, 2.05) is 0 Å². The van der Waals surface area contributed by atoms with Crippen molar-refractivity contribution in [1.29, 1.82) is 0 Å². The number of piperidine rings is 1. The second-order valence-electron chi connectivity index (χ2n) is 7.37. The van der Waals surface area contributed by atoms with E-state index < -0.39 is 0 Å². The van der Waals surface area contributed by atoms with Gasteiger partial charge in [-0.2, -0.15) is 9.97 Å². The van der Waals surface area contributed by atoms with Crippen molar-refractivity contribution < 1.29 is 19.0 Å². The molecular formula is C18H28N4O4. The molecule has 0 atom stereocenters. The summed E-state index contributed by atoms with van der Waals surface area (Å²) in [7, 11) is 4.80. The molecule has 2 heterocycles. The number of rotatable bonds is 7. The molecule has 1 aliphatic carbocycles. The van der Waals surface area contributed by atoms with Crippen LogP contribution in [0.15, 0.2) is 0 Å². The van der Waals surface area contributed by atoms with Crippen LogP contribution in [0, 0.1) is 5.41 Å². The van der Waals surface area contributed by atoms with Crippen LogP contribution in [-0.2, 0) is 9.53 Å². The first-order chi connectivity index (χ1) is 12.5. The van der Waals surface area contributed by atoms with Crippen molar-refractivity contribution in [2.24, 2.45) is 5.41 Å². The quantitative estimate of drug-likeness (QED) is 0.794. The molecule has 26 heavy (non-hydrogen) atoms. The van der Waals surface area contributed by atoms with Gasteiger partial charge in [0.05, 0.1) is 20.3 Å². The Hall–Kier alpha value is -2.09. The van der Waals surface area contributed by atoms with Crippen LogP contribution in [-0.4, -0.2) is 56.4 Å². The molecular weight excluding hydrogens is 336 g/mol. The summed E-state index contributed by atoms with van der Waals surface area (Å²) in [5.41, 5.74) is 0.511. The SMILES string of the molecule is COc1nc(N2CCC(OC)CC2)nc(OC)c1NC(=O)CC1(C)CC1. The zero-order valence-electron chi connectivity index (χ0n) is 16.0. The van der Waals surface area contributed by atoms with Gasteiger partial charge in [-0.15, -0.1) is 0 Å². The molecule has 1 aromatic rings. The molecule has 0 bridgehead atoms. The van der Waals surface area contributed by atoms with Gasteiger partial charge in [0.25, 0.3) is 0 Å². The van der Waals surface area contributed by atoms with Crippen molar-refractivity contribution in [2.75, 3.05) is 44.6 Å². The summed E-state index contributed by atoms with van der Waals surface area (Å²) in [6.45, 7) is 3.72. The normalized spacial score (nSPS) is 19.2. The summed E-state index contributed by atoms with van der Waals surface area (Å²) >= 11 is 0. The van der Waals surface area contributed by atoms with Crippen LogP contribution in [0.2, 0.25) is 0 Å². The lowest BCUT2D eigenvalue weighted by atomic mass is 10.1. The van der Waals surface area contributed by atoms with Gasteiger partial charge >= 0.3 is 0 Å². The van der Waals surface area contributed by atoms with Crippen molar-refractivity contribution in [3.63, 3.8) is 0 Å². The minimum atomic E-state index is -0.0705. The van der Waals surface area contributed by atoms with Crippen molar-refractivity contribution in [2.45, 2.75) is 45.1 Å². The van der Waals surface area contributed by atoms with Crippen LogP contribution in [0.4, 0.5) is 11.6 Å². The third kappa shape index (κ3) is 4.17. The number of hydrogen-bond acceptors (Lipinski definition) is 7. The molecule has 1 aliphatic heterocycles. The van der Waals surface area contributed by atoms with Crippen molar-refractivity contribution in [1.82, 2.24) is 9.97 Å². The molecule has 1 aromatic heterocycles. The largest absolute Gasteiger partial charge is 0.479 e. The Bertz CT molecular complexity index is 630. The monoisotopic (exact) mass is 364 g/mol. The number of anilines is 2. The molecule has 8 nitrogen and oxygen atoms in total. The van der Waals surface area contributed by atoms with E-state index in [1.54, 1.807) is 7.11 Å². The summed E-state index contributed by atoms with van der Waals surface area (Å²) in [5, 5.41) is 2.87. The zero-order chi connectivity index (χ0) is 18.7. The highest BCUT2D eigenvalue weighted by Crippen LogP contribution is 2.48. The number of carbonyl (C=O) groups excluding carboxylic acids is 1. The van der Waals surface area contributed by atoms with E-state index in [-0.39, 0.29) is 17.4 Å². The highest BCUT2D eigenvalue weighted by atomic mass is 16.5. The predicted molar refractivity (Wildman–Crippen MR) is 98.0 cm³/mol. The first-order valence-electron chi connectivity index (χ1n) is 9.05. The molecule has 3 rings (SSSR count). The maximum absolute atomic E-state index is 12.4. The fraction of sp³-hybridized carbons (Fsp3) is 0.722. The predicted octanol–water partition coefficient (Wildman–Crippen LogP) is 2.24. The number of hydrogen-bond donors (Lipinski definition) is 1. The Morgan fingerprint density at radius 2 is 1.73 bits per heavy atom. The maximum Gasteiger partial charge on any atom is 0.246 e. The van der Waals surface area contributed by atoms with Crippen LogP contribution in [0.1, 0.15) is 39.0 Å². The molecule has 0 unspecified atom stereocenters. The molecule has 0 radical (unpaired) electrons. The summed E-state index contributed by atoms with van der Waals surface area (Å²) in [6, 6.07) is 0. The number of methoxy groups -OCH3 is 3. The van der Waals surface area contributed by atoms with E-state index in [0.717, 1.165) is 38.8 Å². The molecule has 1 amide bonds. The van der Waals surface area contributed by atoms with E-state index in [2.05, 4.69) is 27.1 Å². The van der Waals surface area contributed by atoms with Crippen LogP contribution in [0.5, 0.6) is 11.8 Å². The average Bonchev–Trinajstić information content (AvgIpc) is 3.38. The number of carbonyl (C=O) groups is 1. The van der Waals surface area contributed by atoms with Crippen LogP contribution >= 0.6 is 0 Å². The standard InChI is InChI=1S/C18H28N4O4/c1-18(7-8-18)11-13(23)19-14-15(25-3)20-17(21-16(14)26-4)22-9-5-12(24-2)6-10-22/h12H,5-11H2,1-4H3,(H,19,23). The molecule has 0 spiro atoms. The van der Waals surface area contributed by atoms with Gasteiger partial charge in [-0.1, -0.05) is 6.92 Å². The molecule has 1 saturated heterocycles. The van der Waals surface area contributed by atoms with Gasteiger partial charge in [0, 0.05) is 26.6 Å². The summed E-state index contributed by atoms with van der Waals surface area (Å²) in [4.78, 5) is 23.4. The first kappa shape index (κ1) is 18.7. The van der Waals surface area contributed by atoms with E-state index in [1.165, 1.54) is 14.2 Å². The first-order valence-corrected chi connectivity index (χ1v) is 9.05. The second kappa shape index (κ2) is 7.65. The number of aromatic nitrogens is 2. The molecule has 0 aromatic carbocycles. The van der Waals surface area contributed by atoms with E-state index >= 15 is 0 Å². The van der Waals surface area contributed by atoms with Crippen molar-refractivity contribution in [3.05, 3.63) is 0 Å². The van der Waals surface area contributed by atoms with Crippen LogP contribution in [0.3, 0.4) is 0 Å². The Labute approximate surface area is 154 Å². The maximum atomic E-state index is 12.4. The van der Waals surface area contributed by atoms with Gasteiger partial charge in [-0.3, -0.25) is 4.79 Å². The zero-order valence-corrected chi connectivity index (χ0v) is 16.0. The van der Waals surface area contributed by atoms with Gasteiger partial charge in [-0.05, 0) is 31.1 Å². The van der Waals surface area contributed by atoms with Gasteiger partial charge in [0.2, 0.25) is 23.6 Å². The lowest BCUT2D eigenvalue weighted by molar-refractivity contribution is -0.117. The van der Waals surface area contributed by atoms with Gasteiger partial charge < -0.3 is 24.4 Å². The molecule has 8 heteroatoms. The van der Waals surface area contributed by atoms with Gasteiger partial charge in [0.15, 0.2) is 5.69 Å². The fourth-order valence-electron chi connectivity index (χ4n) is 3.21. The highest BCUT2D eigenvalue weighted by molar-refractivity contribution is 5.94. The summed E-state index contributed by atoms with van der Waals surface area (Å²) in [5.74, 6) is 1.10. The average molecular weight is 364 g/mol. The van der Waals surface area contributed by atoms with Crippen LogP contribution < -0.4 is 19.7 Å². The van der Waals surface area contributed by atoms with Crippen molar-refractivity contribution in [3.8, 4) is 11.8 Å².